The van der Waals surface area contributed by atoms with E-state index in [0.717, 1.165) is 26.3 Å². The molecule has 0 aromatic heterocycles. The van der Waals surface area contributed by atoms with Gasteiger partial charge in [0.1, 0.15) is 0 Å². The smallest absolute Gasteiger partial charge is 0.284 e. The van der Waals surface area contributed by atoms with Crippen LogP contribution in [0.2, 0.25) is 0 Å². The maximum absolute atomic E-state index is 12.6. The molecule has 1 aliphatic rings. The Kier molecular flexibility index (Phi) is 6.25. The number of benzene rings is 2. The Morgan fingerprint density at radius 3 is 2.15 bits per heavy atom. The van der Waals surface area contributed by atoms with E-state index in [1.807, 2.05) is 24.3 Å². The standard InChI is InChI=1S/C18H14Br2N2O3S2/c1-2-22-17(23)16(11-12-3-5-13(19)6-4-12)26-18(22)21-27(24,25)15-9-7-14(20)8-10-15/h3-11H,2H2,1H3/b16-11-,21-18?. The Labute approximate surface area is 178 Å². The highest BCUT2D eigenvalue weighted by Crippen LogP contribution is 2.33. The summed E-state index contributed by atoms with van der Waals surface area (Å²) in [5.41, 5.74) is 0.849. The Morgan fingerprint density at radius 1 is 1.04 bits per heavy atom. The van der Waals surface area contributed by atoms with Gasteiger partial charge in [0.2, 0.25) is 0 Å². The van der Waals surface area contributed by atoms with Crippen LogP contribution < -0.4 is 0 Å². The van der Waals surface area contributed by atoms with Gasteiger partial charge in [-0.2, -0.15) is 8.42 Å². The van der Waals surface area contributed by atoms with E-state index in [-0.39, 0.29) is 16.0 Å². The van der Waals surface area contributed by atoms with E-state index < -0.39 is 10.0 Å². The van der Waals surface area contributed by atoms with Gasteiger partial charge in [-0.05, 0) is 66.7 Å². The monoisotopic (exact) mass is 528 g/mol. The van der Waals surface area contributed by atoms with Crippen molar-refractivity contribution in [2.24, 2.45) is 4.40 Å². The first kappa shape index (κ1) is 20.3. The molecule has 9 heteroatoms. The molecule has 0 atom stereocenters. The molecule has 0 bridgehead atoms. The van der Waals surface area contributed by atoms with Crippen molar-refractivity contribution in [1.82, 2.24) is 4.90 Å². The van der Waals surface area contributed by atoms with Crippen LogP contribution in [0, 0.1) is 0 Å². The van der Waals surface area contributed by atoms with Crippen LogP contribution in [0.25, 0.3) is 6.08 Å². The summed E-state index contributed by atoms with van der Waals surface area (Å²) >= 11 is 7.71. The molecule has 5 nitrogen and oxygen atoms in total. The molecule has 3 rings (SSSR count). The Balaban J connectivity index is 1.95. The summed E-state index contributed by atoms with van der Waals surface area (Å²) in [5, 5.41) is 0.161. The van der Waals surface area contributed by atoms with Crippen molar-refractivity contribution in [2.45, 2.75) is 11.8 Å². The fourth-order valence-corrected chi connectivity index (χ4v) is 5.10. The molecule has 1 aliphatic heterocycles. The Bertz CT molecular complexity index is 1030. The number of carbonyl (C=O) groups is 1. The first-order valence-corrected chi connectivity index (χ1v) is 11.7. The van der Waals surface area contributed by atoms with Crippen molar-refractivity contribution in [2.75, 3.05) is 6.54 Å². The minimum Gasteiger partial charge on any atom is -0.286 e. The molecule has 0 radical (unpaired) electrons. The van der Waals surface area contributed by atoms with Crippen LogP contribution in [0.3, 0.4) is 0 Å². The zero-order valence-corrected chi connectivity index (χ0v) is 18.9. The van der Waals surface area contributed by atoms with E-state index in [9.17, 15) is 13.2 Å². The summed E-state index contributed by atoms with van der Waals surface area (Å²) in [6.07, 6.45) is 1.73. The van der Waals surface area contributed by atoms with Gasteiger partial charge in [-0.15, -0.1) is 4.40 Å². The second-order valence-corrected chi connectivity index (χ2v) is 9.96. The minimum absolute atomic E-state index is 0.0765. The fourth-order valence-electron chi connectivity index (χ4n) is 2.33. The molecule has 1 heterocycles. The van der Waals surface area contributed by atoms with Crippen molar-refractivity contribution in [3.05, 3.63) is 67.9 Å². The van der Waals surface area contributed by atoms with Gasteiger partial charge in [0, 0.05) is 15.5 Å². The van der Waals surface area contributed by atoms with Gasteiger partial charge in [-0.25, -0.2) is 0 Å². The second-order valence-electron chi connectivity index (χ2n) is 5.51. The van der Waals surface area contributed by atoms with Crippen LogP contribution in [0.5, 0.6) is 0 Å². The number of thioether (sulfide) groups is 1. The van der Waals surface area contributed by atoms with Gasteiger partial charge in [-0.3, -0.25) is 9.69 Å². The molecule has 1 fully saturated rings. The van der Waals surface area contributed by atoms with Crippen LogP contribution in [0.1, 0.15) is 12.5 Å². The molecule has 1 saturated heterocycles. The molecular weight excluding hydrogens is 516 g/mol. The first-order valence-electron chi connectivity index (χ1n) is 7.87. The largest absolute Gasteiger partial charge is 0.286 e. The molecule has 27 heavy (non-hydrogen) atoms. The zero-order valence-electron chi connectivity index (χ0n) is 14.1. The third-order valence-electron chi connectivity index (χ3n) is 3.68. The normalized spacial score (nSPS) is 17.9. The van der Waals surface area contributed by atoms with Gasteiger partial charge in [-0.1, -0.05) is 44.0 Å². The van der Waals surface area contributed by atoms with E-state index in [2.05, 4.69) is 36.3 Å². The van der Waals surface area contributed by atoms with E-state index >= 15 is 0 Å². The molecule has 0 spiro atoms. The van der Waals surface area contributed by atoms with Gasteiger partial charge >= 0.3 is 0 Å². The lowest BCUT2D eigenvalue weighted by Crippen LogP contribution is -2.29. The highest BCUT2D eigenvalue weighted by Gasteiger charge is 2.34. The zero-order chi connectivity index (χ0) is 19.6. The Hall–Kier alpha value is -1.42. The van der Waals surface area contributed by atoms with Crippen LogP contribution in [-0.2, 0) is 14.8 Å². The topological polar surface area (TPSA) is 66.8 Å². The molecular formula is C18H14Br2N2O3S2. The fraction of sp³-hybridized carbons (Fsp3) is 0.111. The van der Waals surface area contributed by atoms with Crippen molar-refractivity contribution in [3.63, 3.8) is 0 Å². The van der Waals surface area contributed by atoms with E-state index in [4.69, 9.17) is 0 Å². The number of amidine groups is 1. The summed E-state index contributed by atoms with van der Waals surface area (Å²) in [7, 11) is -3.91. The van der Waals surface area contributed by atoms with E-state index in [1.165, 1.54) is 17.0 Å². The molecule has 0 unspecified atom stereocenters. The third kappa shape index (κ3) is 4.71. The third-order valence-corrected chi connectivity index (χ3v) is 7.14. The summed E-state index contributed by atoms with van der Waals surface area (Å²) in [4.78, 5) is 14.5. The molecule has 0 saturated carbocycles. The average Bonchev–Trinajstić information content (AvgIpc) is 2.91. The average molecular weight is 530 g/mol. The maximum Gasteiger partial charge on any atom is 0.284 e. The van der Waals surface area contributed by atoms with E-state index in [1.54, 1.807) is 25.1 Å². The SMILES string of the molecule is CCN1C(=O)/C(=C/c2ccc(Br)cc2)SC1=NS(=O)(=O)c1ccc(Br)cc1. The lowest BCUT2D eigenvalue weighted by Gasteiger charge is -2.11. The number of hydrogen-bond donors (Lipinski definition) is 0. The van der Waals surface area contributed by atoms with Crippen LogP contribution in [-0.4, -0.2) is 30.9 Å². The lowest BCUT2D eigenvalue weighted by molar-refractivity contribution is -0.122. The van der Waals surface area contributed by atoms with Crippen LogP contribution in [0.4, 0.5) is 0 Å². The number of hydrogen-bond acceptors (Lipinski definition) is 4. The molecule has 140 valence electrons. The van der Waals surface area contributed by atoms with Gasteiger partial charge in [0.05, 0.1) is 9.80 Å². The molecule has 0 N–H and O–H groups in total. The minimum atomic E-state index is -3.91. The highest BCUT2D eigenvalue weighted by molar-refractivity contribution is 9.10. The second kappa shape index (κ2) is 8.30. The maximum atomic E-state index is 12.6. The number of carbonyl (C=O) groups excluding carboxylic acids is 1. The molecule has 1 amide bonds. The summed E-state index contributed by atoms with van der Waals surface area (Å²) in [5.74, 6) is -0.254. The lowest BCUT2D eigenvalue weighted by atomic mass is 10.2. The Morgan fingerprint density at radius 2 is 1.59 bits per heavy atom. The summed E-state index contributed by atoms with van der Waals surface area (Å²) < 4.78 is 30.8. The van der Waals surface area contributed by atoms with Crippen LogP contribution in [0.15, 0.2) is 71.7 Å². The summed E-state index contributed by atoms with van der Waals surface area (Å²) in [6, 6.07) is 13.7. The van der Waals surface area contributed by atoms with Gasteiger partial charge in [0.25, 0.3) is 15.9 Å². The first-order chi connectivity index (χ1) is 12.8. The molecule has 2 aromatic rings. The van der Waals surface area contributed by atoms with Crippen molar-refractivity contribution in [1.29, 1.82) is 0 Å². The van der Waals surface area contributed by atoms with Crippen molar-refractivity contribution >= 4 is 70.8 Å². The predicted octanol–water partition coefficient (Wildman–Crippen LogP) is 4.89. The number of amides is 1. The number of likely N-dealkylation sites (N-methyl/N-ethyl adjacent to an activating group) is 1. The number of sulfonamides is 1. The van der Waals surface area contributed by atoms with E-state index in [0.29, 0.717) is 11.4 Å². The molecule has 2 aromatic carbocycles. The predicted molar refractivity (Wildman–Crippen MR) is 116 cm³/mol. The number of rotatable bonds is 4. The van der Waals surface area contributed by atoms with Crippen LogP contribution >= 0.6 is 43.6 Å². The van der Waals surface area contributed by atoms with Crippen molar-refractivity contribution < 1.29 is 13.2 Å². The van der Waals surface area contributed by atoms with Gasteiger partial charge in [0.15, 0.2) is 5.17 Å². The van der Waals surface area contributed by atoms with Crippen molar-refractivity contribution in [3.8, 4) is 0 Å². The summed E-state index contributed by atoms with van der Waals surface area (Å²) in [6.45, 7) is 2.11. The highest BCUT2D eigenvalue weighted by atomic mass is 79.9. The quantitative estimate of drug-likeness (QED) is 0.529. The number of nitrogens with zero attached hydrogens (tertiary/aromatic N) is 2. The molecule has 0 aliphatic carbocycles. The van der Waals surface area contributed by atoms with Gasteiger partial charge < -0.3 is 0 Å². The number of halogens is 2.